The first-order valence-electron chi connectivity index (χ1n) is 15.7. The minimum atomic E-state index is 0.00898. The van der Waals surface area contributed by atoms with E-state index in [9.17, 15) is 9.59 Å². The topological polar surface area (TPSA) is 58.6 Å². The molecule has 0 aromatic carbocycles. The van der Waals surface area contributed by atoms with Crippen molar-refractivity contribution in [2.45, 2.75) is 155 Å². The molecule has 0 aliphatic carbocycles. The van der Waals surface area contributed by atoms with Crippen molar-refractivity contribution in [3.63, 3.8) is 0 Å². The first-order valence-corrected chi connectivity index (χ1v) is 15.7. The highest BCUT2D eigenvalue weighted by atomic mass is 16.5. The van der Waals surface area contributed by atoms with Gasteiger partial charge in [0, 0.05) is 12.8 Å². The summed E-state index contributed by atoms with van der Waals surface area (Å²) >= 11 is 0. The summed E-state index contributed by atoms with van der Waals surface area (Å²) in [5.41, 5.74) is 0. The molecule has 0 spiro atoms. The lowest BCUT2D eigenvalue weighted by atomic mass is 10.1. The van der Waals surface area contributed by atoms with E-state index in [-0.39, 0.29) is 12.1 Å². The van der Waals surface area contributed by atoms with Gasteiger partial charge in [-0.3, -0.25) is 4.79 Å². The van der Waals surface area contributed by atoms with E-state index in [2.05, 4.69) is 24.1 Å². The Labute approximate surface area is 224 Å². The van der Waals surface area contributed by atoms with Crippen LogP contribution in [0.1, 0.15) is 149 Å². The summed E-state index contributed by atoms with van der Waals surface area (Å²) in [5, 5.41) is 3.26. The van der Waals surface area contributed by atoms with Crippen molar-refractivity contribution < 1.29 is 14.3 Å². The summed E-state index contributed by atoms with van der Waals surface area (Å²) < 4.78 is 5.74. The van der Waals surface area contributed by atoms with Crippen LogP contribution in [-0.4, -0.2) is 56.5 Å². The van der Waals surface area contributed by atoms with E-state index in [0.29, 0.717) is 6.42 Å². The average Bonchev–Trinajstić information content (AvgIpc) is 2.88. The third kappa shape index (κ3) is 24.7. The number of carbonyl (C=O) groups excluding carboxylic acids is 2. The fourth-order valence-corrected chi connectivity index (χ4v) is 4.79. The molecule has 0 fully saturated rings. The highest BCUT2D eigenvalue weighted by molar-refractivity contribution is 5.69. The second-order valence-corrected chi connectivity index (χ2v) is 10.6. The first kappa shape index (κ1) is 35.1. The van der Waals surface area contributed by atoms with Gasteiger partial charge in [0.25, 0.3) is 0 Å². The van der Waals surface area contributed by atoms with Crippen LogP contribution in [0, 0.1) is 0 Å². The van der Waals surface area contributed by atoms with Crippen molar-refractivity contribution in [3.05, 3.63) is 0 Å². The number of hydrogen-bond donors (Lipinski definition) is 1. The smallest absolute Gasteiger partial charge is 0.306 e. The molecule has 0 aliphatic heterocycles. The Balaban J connectivity index is 3.84. The van der Waals surface area contributed by atoms with Gasteiger partial charge in [-0.25, -0.2) is 0 Å². The Morgan fingerprint density at radius 2 is 1.31 bits per heavy atom. The number of esters is 1. The quantitative estimate of drug-likeness (QED) is 0.0630. The van der Waals surface area contributed by atoms with E-state index in [1.165, 1.54) is 110 Å². The van der Waals surface area contributed by atoms with Gasteiger partial charge < -0.3 is 19.7 Å². The van der Waals surface area contributed by atoms with Crippen LogP contribution in [-0.2, 0) is 14.3 Å². The summed E-state index contributed by atoms with van der Waals surface area (Å²) in [6.45, 7) is 9.02. The number of rotatable bonds is 29. The molecule has 214 valence electrons. The molecule has 5 nitrogen and oxygen atoms in total. The largest absolute Gasteiger partial charge is 0.462 e. The lowest BCUT2D eigenvalue weighted by Gasteiger charge is -2.22. The minimum Gasteiger partial charge on any atom is -0.462 e. The van der Waals surface area contributed by atoms with Crippen LogP contribution < -0.4 is 5.32 Å². The van der Waals surface area contributed by atoms with E-state index in [0.717, 1.165) is 51.4 Å². The third-order valence-corrected chi connectivity index (χ3v) is 7.19. The molecular weight excluding hydrogens is 448 g/mol. The van der Waals surface area contributed by atoms with E-state index >= 15 is 0 Å². The van der Waals surface area contributed by atoms with Gasteiger partial charge in [0.05, 0.1) is 0 Å². The molecule has 0 aromatic rings. The monoisotopic (exact) mass is 510 g/mol. The van der Waals surface area contributed by atoms with Gasteiger partial charge in [0.2, 0.25) is 0 Å². The van der Waals surface area contributed by atoms with E-state index in [1.807, 2.05) is 7.05 Å². The first-order chi connectivity index (χ1) is 17.7. The number of carbonyl (C=O) groups is 2. The molecule has 0 radical (unpaired) electrons. The number of hydrogen-bond acceptors (Lipinski definition) is 5. The lowest BCUT2D eigenvalue weighted by molar-refractivity contribution is -0.149. The molecule has 1 N–H and O–H groups in total. The van der Waals surface area contributed by atoms with Crippen LogP contribution in [0.25, 0.3) is 0 Å². The summed E-state index contributed by atoms with van der Waals surface area (Å²) in [7, 11) is 2.03. The molecular formula is C31H62N2O3. The van der Waals surface area contributed by atoms with Crippen molar-refractivity contribution in [1.29, 1.82) is 0 Å². The Bertz CT molecular complexity index is 473. The zero-order chi connectivity index (χ0) is 26.5. The van der Waals surface area contributed by atoms with Gasteiger partial charge in [-0.1, -0.05) is 84.5 Å². The number of aldehydes is 1. The molecule has 0 saturated heterocycles. The van der Waals surface area contributed by atoms with Crippen LogP contribution >= 0.6 is 0 Å². The van der Waals surface area contributed by atoms with Gasteiger partial charge in [0.1, 0.15) is 12.4 Å². The zero-order valence-electron chi connectivity index (χ0n) is 24.5. The minimum absolute atomic E-state index is 0.00898. The normalized spacial score (nSPS) is 12.2. The third-order valence-electron chi connectivity index (χ3n) is 7.19. The van der Waals surface area contributed by atoms with Crippen LogP contribution in [0.2, 0.25) is 0 Å². The van der Waals surface area contributed by atoms with Crippen molar-refractivity contribution >= 4 is 12.3 Å². The fraction of sp³-hybridized carbons (Fsp3) is 0.935. The summed E-state index contributed by atoms with van der Waals surface area (Å²) in [5.74, 6) is 0.00898. The van der Waals surface area contributed by atoms with Crippen molar-refractivity contribution in [3.8, 4) is 0 Å². The molecule has 0 amide bonds. The van der Waals surface area contributed by atoms with E-state index in [4.69, 9.17) is 4.74 Å². The SMILES string of the molecule is CCCCCCCCC(CC)OC(=O)CCCCCCCN(CCCCCCCC=O)CCCNC. The maximum absolute atomic E-state index is 12.2. The Morgan fingerprint density at radius 3 is 1.92 bits per heavy atom. The Hall–Kier alpha value is -0.940. The van der Waals surface area contributed by atoms with Crippen molar-refractivity contribution in [2.75, 3.05) is 33.2 Å². The van der Waals surface area contributed by atoms with E-state index in [1.54, 1.807) is 0 Å². The fourth-order valence-electron chi connectivity index (χ4n) is 4.79. The predicted octanol–water partition coefficient (Wildman–Crippen LogP) is 7.85. The van der Waals surface area contributed by atoms with Crippen molar-refractivity contribution in [1.82, 2.24) is 10.2 Å². The average molecular weight is 511 g/mol. The van der Waals surface area contributed by atoms with Crippen LogP contribution in [0.5, 0.6) is 0 Å². The molecule has 0 aromatic heterocycles. The van der Waals surface area contributed by atoms with Gasteiger partial charge in [-0.15, -0.1) is 0 Å². The molecule has 36 heavy (non-hydrogen) atoms. The number of unbranched alkanes of at least 4 members (excludes halogenated alkanes) is 14. The van der Waals surface area contributed by atoms with Crippen LogP contribution in [0.4, 0.5) is 0 Å². The maximum atomic E-state index is 12.2. The Kier molecular flexibility index (Phi) is 27.9. The molecule has 5 heteroatoms. The van der Waals surface area contributed by atoms with Crippen LogP contribution in [0.3, 0.4) is 0 Å². The predicted molar refractivity (Wildman–Crippen MR) is 155 cm³/mol. The number of nitrogens with one attached hydrogen (secondary N) is 1. The maximum Gasteiger partial charge on any atom is 0.306 e. The Morgan fingerprint density at radius 1 is 0.750 bits per heavy atom. The molecule has 0 saturated carbocycles. The van der Waals surface area contributed by atoms with Gasteiger partial charge >= 0.3 is 5.97 Å². The summed E-state index contributed by atoms with van der Waals surface area (Å²) in [4.78, 5) is 25.3. The standard InChI is InChI=1S/C31H62N2O3/c1-4-6-7-8-12-17-23-30(5-2)36-31(35)24-18-13-11-15-20-27-33(28-22-25-32-3)26-19-14-9-10-16-21-29-34/h29-30,32H,4-28H2,1-3H3. The number of ether oxygens (including phenoxy) is 1. The zero-order valence-corrected chi connectivity index (χ0v) is 24.5. The lowest BCUT2D eigenvalue weighted by Crippen LogP contribution is -2.29. The van der Waals surface area contributed by atoms with E-state index < -0.39 is 0 Å². The summed E-state index contributed by atoms with van der Waals surface area (Å²) in [6.07, 6.45) is 25.2. The second kappa shape index (κ2) is 28.6. The highest BCUT2D eigenvalue weighted by Gasteiger charge is 2.12. The molecule has 1 unspecified atom stereocenters. The molecule has 0 bridgehead atoms. The van der Waals surface area contributed by atoms with Gasteiger partial charge in [-0.2, -0.15) is 0 Å². The number of nitrogens with zero attached hydrogens (tertiary/aromatic N) is 1. The molecule has 0 rings (SSSR count). The molecule has 0 aliphatic rings. The van der Waals surface area contributed by atoms with Crippen LogP contribution in [0.15, 0.2) is 0 Å². The van der Waals surface area contributed by atoms with Crippen molar-refractivity contribution in [2.24, 2.45) is 0 Å². The highest BCUT2D eigenvalue weighted by Crippen LogP contribution is 2.15. The van der Waals surface area contributed by atoms with Gasteiger partial charge in [0.15, 0.2) is 0 Å². The summed E-state index contributed by atoms with van der Waals surface area (Å²) in [6, 6.07) is 0. The molecule has 0 heterocycles. The molecule has 1 atom stereocenters. The second-order valence-electron chi connectivity index (χ2n) is 10.6. The van der Waals surface area contributed by atoms with Gasteiger partial charge in [-0.05, 0) is 84.6 Å².